The predicted octanol–water partition coefficient (Wildman–Crippen LogP) is 1.63. The summed E-state index contributed by atoms with van der Waals surface area (Å²) in [7, 11) is 0. The van der Waals surface area contributed by atoms with Crippen molar-refractivity contribution in [2.45, 2.75) is 20.3 Å². The molecule has 2 N–H and O–H groups in total. The molecule has 2 rings (SSSR count). The van der Waals surface area contributed by atoms with Crippen molar-refractivity contribution >= 4 is 5.97 Å². The number of aromatic nitrogens is 3. The van der Waals surface area contributed by atoms with Crippen LogP contribution in [0, 0.1) is 5.41 Å². The topological polar surface area (TPSA) is 88.2 Å². The number of hydrogen-bond acceptors (Lipinski definition) is 4. The minimum atomic E-state index is -0.889. The van der Waals surface area contributed by atoms with Crippen LogP contribution in [0.25, 0.3) is 5.69 Å². The Balaban J connectivity index is 2.23. The van der Waals surface area contributed by atoms with Crippen molar-refractivity contribution in [2.24, 2.45) is 5.41 Å². The lowest BCUT2D eigenvalue weighted by Crippen LogP contribution is -2.26. The van der Waals surface area contributed by atoms with Crippen molar-refractivity contribution < 1.29 is 15.0 Å². The standard InChI is InChI=1S/C13H15N3O3/c1-13(2,12(18)19)7-9-8-16(15-14-9)10-4-3-5-11(17)6-10/h3-6,8,17H,7H2,1-2H3,(H,18,19). The third-order valence-corrected chi connectivity index (χ3v) is 2.84. The van der Waals surface area contributed by atoms with Gasteiger partial charge in [0.25, 0.3) is 0 Å². The Labute approximate surface area is 110 Å². The minimum absolute atomic E-state index is 0.139. The number of benzene rings is 1. The molecule has 19 heavy (non-hydrogen) atoms. The monoisotopic (exact) mass is 261 g/mol. The van der Waals surface area contributed by atoms with Gasteiger partial charge in [0, 0.05) is 12.5 Å². The maximum absolute atomic E-state index is 11.1. The van der Waals surface area contributed by atoms with Crippen molar-refractivity contribution in [1.29, 1.82) is 0 Å². The summed E-state index contributed by atoms with van der Waals surface area (Å²) in [6.45, 7) is 3.28. The molecule has 0 aliphatic heterocycles. The van der Waals surface area contributed by atoms with E-state index in [2.05, 4.69) is 10.3 Å². The molecule has 0 bridgehead atoms. The van der Waals surface area contributed by atoms with Gasteiger partial charge in [-0.3, -0.25) is 4.79 Å². The molecule has 0 spiro atoms. The first-order valence-corrected chi connectivity index (χ1v) is 5.82. The molecule has 0 radical (unpaired) electrons. The van der Waals surface area contributed by atoms with Gasteiger partial charge in [0.15, 0.2) is 0 Å². The third kappa shape index (κ3) is 2.90. The number of carbonyl (C=O) groups is 1. The Morgan fingerprint density at radius 1 is 1.42 bits per heavy atom. The summed E-state index contributed by atoms with van der Waals surface area (Å²) >= 11 is 0. The Morgan fingerprint density at radius 2 is 2.16 bits per heavy atom. The molecule has 6 nitrogen and oxygen atoms in total. The molecule has 0 saturated heterocycles. The van der Waals surface area contributed by atoms with E-state index in [0.29, 0.717) is 17.8 Å². The van der Waals surface area contributed by atoms with Gasteiger partial charge < -0.3 is 10.2 Å². The van der Waals surface area contributed by atoms with Crippen molar-refractivity contribution in [1.82, 2.24) is 15.0 Å². The Kier molecular flexibility index (Phi) is 3.25. The molecule has 0 unspecified atom stereocenters. The van der Waals surface area contributed by atoms with Crippen LogP contribution in [0.3, 0.4) is 0 Å². The first-order valence-electron chi connectivity index (χ1n) is 5.82. The van der Waals surface area contributed by atoms with E-state index in [1.807, 2.05) is 0 Å². The second kappa shape index (κ2) is 4.72. The molecule has 1 heterocycles. The lowest BCUT2D eigenvalue weighted by molar-refractivity contribution is -0.146. The zero-order valence-corrected chi connectivity index (χ0v) is 10.7. The van der Waals surface area contributed by atoms with Crippen molar-refractivity contribution in [3.05, 3.63) is 36.2 Å². The van der Waals surface area contributed by atoms with E-state index >= 15 is 0 Å². The molecule has 0 amide bonds. The van der Waals surface area contributed by atoms with Gasteiger partial charge in [0.05, 0.1) is 23.0 Å². The highest BCUT2D eigenvalue weighted by molar-refractivity contribution is 5.73. The summed E-state index contributed by atoms with van der Waals surface area (Å²) in [5.41, 5.74) is 0.377. The molecule has 0 atom stereocenters. The van der Waals surface area contributed by atoms with E-state index < -0.39 is 11.4 Å². The van der Waals surface area contributed by atoms with Crippen LogP contribution in [0.1, 0.15) is 19.5 Å². The summed E-state index contributed by atoms with van der Waals surface area (Å²) in [5.74, 6) is -0.736. The third-order valence-electron chi connectivity index (χ3n) is 2.84. The second-order valence-electron chi connectivity index (χ2n) is 5.04. The maximum atomic E-state index is 11.1. The normalized spacial score (nSPS) is 11.5. The molecular formula is C13H15N3O3. The number of aliphatic carboxylic acids is 1. The summed E-state index contributed by atoms with van der Waals surface area (Å²) in [6, 6.07) is 6.60. The molecule has 0 fully saturated rings. The minimum Gasteiger partial charge on any atom is -0.508 e. The average Bonchev–Trinajstić information content (AvgIpc) is 2.76. The van der Waals surface area contributed by atoms with Crippen molar-refractivity contribution in [3.63, 3.8) is 0 Å². The average molecular weight is 261 g/mol. The van der Waals surface area contributed by atoms with Gasteiger partial charge in [-0.15, -0.1) is 5.10 Å². The van der Waals surface area contributed by atoms with E-state index in [0.717, 1.165) is 0 Å². The lowest BCUT2D eigenvalue weighted by Gasteiger charge is -2.16. The Bertz CT molecular complexity index is 605. The SMILES string of the molecule is CC(C)(Cc1cn(-c2cccc(O)c2)nn1)C(=O)O. The molecule has 1 aromatic heterocycles. The molecule has 0 saturated carbocycles. The number of nitrogens with zero attached hydrogens (tertiary/aromatic N) is 3. The van der Waals surface area contributed by atoms with Crippen LogP contribution in [-0.4, -0.2) is 31.2 Å². The van der Waals surface area contributed by atoms with Crippen LogP contribution in [0.15, 0.2) is 30.5 Å². The lowest BCUT2D eigenvalue weighted by atomic mass is 9.88. The molecule has 6 heteroatoms. The van der Waals surface area contributed by atoms with E-state index in [4.69, 9.17) is 5.11 Å². The van der Waals surface area contributed by atoms with Gasteiger partial charge in [-0.1, -0.05) is 11.3 Å². The Morgan fingerprint density at radius 3 is 2.79 bits per heavy atom. The van der Waals surface area contributed by atoms with E-state index in [1.54, 1.807) is 44.3 Å². The number of carboxylic acids is 1. The van der Waals surface area contributed by atoms with Gasteiger partial charge in [-0.25, -0.2) is 4.68 Å². The van der Waals surface area contributed by atoms with Crippen LogP contribution >= 0.6 is 0 Å². The van der Waals surface area contributed by atoms with Gasteiger partial charge in [0.2, 0.25) is 0 Å². The highest BCUT2D eigenvalue weighted by Gasteiger charge is 2.28. The van der Waals surface area contributed by atoms with Crippen LogP contribution in [0.2, 0.25) is 0 Å². The number of carboxylic acid groups (broad SMARTS) is 1. The quantitative estimate of drug-likeness (QED) is 0.873. The van der Waals surface area contributed by atoms with Gasteiger partial charge in [-0.05, 0) is 26.0 Å². The first kappa shape index (κ1) is 13.1. The second-order valence-corrected chi connectivity index (χ2v) is 5.04. The number of rotatable bonds is 4. The fourth-order valence-corrected chi connectivity index (χ4v) is 1.67. The molecule has 1 aromatic carbocycles. The Hall–Kier alpha value is -2.37. The van der Waals surface area contributed by atoms with Crippen LogP contribution < -0.4 is 0 Å². The van der Waals surface area contributed by atoms with Gasteiger partial charge >= 0.3 is 5.97 Å². The number of hydrogen-bond donors (Lipinski definition) is 2. The highest BCUT2D eigenvalue weighted by Crippen LogP contribution is 2.21. The van der Waals surface area contributed by atoms with Crippen molar-refractivity contribution in [2.75, 3.05) is 0 Å². The molecular weight excluding hydrogens is 246 g/mol. The molecule has 2 aromatic rings. The van der Waals surface area contributed by atoms with E-state index in [9.17, 15) is 9.90 Å². The number of phenolic OH excluding ortho intramolecular Hbond substituents is 1. The maximum Gasteiger partial charge on any atom is 0.309 e. The fraction of sp³-hybridized carbons (Fsp3) is 0.308. The van der Waals surface area contributed by atoms with E-state index in [-0.39, 0.29) is 5.75 Å². The first-order chi connectivity index (χ1) is 8.88. The smallest absolute Gasteiger partial charge is 0.309 e. The summed E-state index contributed by atoms with van der Waals surface area (Å²) in [6.07, 6.45) is 1.96. The summed E-state index contributed by atoms with van der Waals surface area (Å²) in [4.78, 5) is 11.1. The van der Waals surface area contributed by atoms with Crippen LogP contribution in [-0.2, 0) is 11.2 Å². The van der Waals surface area contributed by atoms with Gasteiger partial charge in [0.1, 0.15) is 5.75 Å². The molecule has 0 aliphatic carbocycles. The largest absolute Gasteiger partial charge is 0.508 e. The van der Waals surface area contributed by atoms with Gasteiger partial charge in [-0.2, -0.15) is 0 Å². The predicted molar refractivity (Wildman–Crippen MR) is 68.1 cm³/mol. The number of phenols is 1. The van der Waals surface area contributed by atoms with E-state index in [1.165, 1.54) is 4.68 Å². The highest BCUT2D eigenvalue weighted by atomic mass is 16.4. The fourth-order valence-electron chi connectivity index (χ4n) is 1.67. The zero-order valence-electron chi connectivity index (χ0n) is 10.7. The molecule has 0 aliphatic rings. The van der Waals surface area contributed by atoms with Crippen molar-refractivity contribution in [3.8, 4) is 11.4 Å². The molecule has 100 valence electrons. The zero-order chi connectivity index (χ0) is 14.0. The summed E-state index contributed by atoms with van der Waals surface area (Å²) < 4.78 is 1.51. The van der Waals surface area contributed by atoms with Crippen LogP contribution in [0.4, 0.5) is 0 Å². The number of aromatic hydroxyl groups is 1. The van der Waals surface area contributed by atoms with Crippen LogP contribution in [0.5, 0.6) is 5.75 Å². The summed E-state index contributed by atoms with van der Waals surface area (Å²) in [5, 5.41) is 26.4.